The minimum atomic E-state index is -0.441. The fraction of sp³-hybridized carbons (Fsp3) is 0.385. The maximum absolute atomic E-state index is 13.1. The summed E-state index contributed by atoms with van der Waals surface area (Å²) in [6, 6.07) is 13.1. The van der Waals surface area contributed by atoms with Gasteiger partial charge < -0.3 is 24.3 Å². The van der Waals surface area contributed by atoms with E-state index in [0.717, 1.165) is 43.0 Å². The molecule has 1 unspecified atom stereocenters. The SMILES string of the molecule is O=C(Nc1cccc(-c2nnc3n2CCCCC3)c1)C1CC(=O)N(c2ccc3c(c2)OCCO3)C1. The summed E-state index contributed by atoms with van der Waals surface area (Å²) in [6.07, 6.45) is 4.56. The first-order chi connectivity index (χ1) is 17.2. The molecule has 1 fully saturated rings. The lowest BCUT2D eigenvalue weighted by atomic mass is 10.1. The third kappa shape index (κ3) is 4.22. The number of aryl methyl sites for hydroxylation is 1. The molecule has 3 aromatic rings. The van der Waals surface area contributed by atoms with Gasteiger partial charge in [-0.05, 0) is 37.1 Å². The molecule has 0 saturated carbocycles. The number of fused-ring (bicyclic) bond motifs is 2. The number of rotatable bonds is 4. The molecule has 0 bridgehead atoms. The van der Waals surface area contributed by atoms with E-state index in [2.05, 4.69) is 20.1 Å². The molecule has 0 aliphatic carbocycles. The molecule has 180 valence electrons. The quantitative estimate of drug-likeness (QED) is 0.623. The van der Waals surface area contributed by atoms with Gasteiger partial charge in [0.1, 0.15) is 19.0 Å². The van der Waals surface area contributed by atoms with E-state index in [1.807, 2.05) is 30.3 Å². The monoisotopic (exact) mass is 473 g/mol. The number of carbonyl (C=O) groups is 2. The van der Waals surface area contributed by atoms with Crippen molar-refractivity contribution in [3.8, 4) is 22.9 Å². The molecule has 2 aromatic carbocycles. The van der Waals surface area contributed by atoms with Gasteiger partial charge in [-0.25, -0.2) is 0 Å². The van der Waals surface area contributed by atoms with Crippen LogP contribution in [0.3, 0.4) is 0 Å². The van der Waals surface area contributed by atoms with Crippen molar-refractivity contribution >= 4 is 23.2 Å². The largest absolute Gasteiger partial charge is 0.486 e. The highest BCUT2D eigenvalue weighted by molar-refractivity contribution is 6.03. The van der Waals surface area contributed by atoms with Crippen LogP contribution in [0.2, 0.25) is 0 Å². The number of benzene rings is 2. The normalized spacial score (nSPS) is 19.3. The van der Waals surface area contributed by atoms with Crippen molar-refractivity contribution in [1.29, 1.82) is 0 Å². The Bertz CT molecular complexity index is 1290. The number of ether oxygens (including phenoxy) is 2. The van der Waals surface area contributed by atoms with Crippen LogP contribution < -0.4 is 19.7 Å². The molecule has 1 N–H and O–H groups in total. The van der Waals surface area contributed by atoms with Gasteiger partial charge in [0.15, 0.2) is 17.3 Å². The molecule has 35 heavy (non-hydrogen) atoms. The van der Waals surface area contributed by atoms with Crippen molar-refractivity contribution in [3.05, 3.63) is 48.3 Å². The maximum Gasteiger partial charge on any atom is 0.229 e. The number of anilines is 2. The summed E-state index contributed by atoms with van der Waals surface area (Å²) >= 11 is 0. The smallest absolute Gasteiger partial charge is 0.229 e. The first-order valence-electron chi connectivity index (χ1n) is 12.2. The Kier molecular flexibility index (Phi) is 5.60. The fourth-order valence-corrected chi connectivity index (χ4v) is 5.01. The van der Waals surface area contributed by atoms with Crippen molar-refractivity contribution in [3.63, 3.8) is 0 Å². The van der Waals surface area contributed by atoms with Crippen molar-refractivity contribution in [2.75, 3.05) is 30.0 Å². The summed E-state index contributed by atoms with van der Waals surface area (Å²) in [7, 11) is 0. The molecule has 2 amide bonds. The zero-order valence-corrected chi connectivity index (χ0v) is 19.4. The topological polar surface area (TPSA) is 98.6 Å². The van der Waals surface area contributed by atoms with Crippen LogP contribution in [0.4, 0.5) is 11.4 Å². The third-order valence-corrected chi connectivity index (χ3v) is 6.83. The average molecular weight is 474 g/mol. The Morgan fingerprint density at radius 1 is 1.00 bits per heavy atom. The molecule has 0 spiro atoms. The number of hydrogen-bond acceptors (Lipinski definition) is 6. The zero-order valence-electron chi connectivity index (χ0n) is 19.4. The molecule has 1 aromatic heterocycles. The number of amides is 2. The van der Waals surface area contributed by atoms with Gasteiger partial charge >= 0.3 is 0 Å². The Morgan fingerprint density at radius 3 is 2.80 bits per heavy atom. The summed E-state index contributed by atoms with van der Waals surface area (Å²) in [5.74, 6) is 2.46. The van der Waals surface area contributed by atoms with Crippen LogP contribution in [-0.2, 0) is 22.6 Å². The van der Waals surface area contributed by atoms with Crippen molar-refractivity contribution < 1.29 is 19.1 Å². The third-order valence-electron chi connectivity index (χ3n) is 6.83. The number of nitrogens with one attached hydrogen (secondary N) is 1. The van der Waals surface area contributed by atoms with E-state index in [-0.39, 0.29) is 18.2 Å². The van der Waals surface area contributed by atoms with E-state index in [1.165, 1.54) is 6.42 Å². The van der Waals surface area contributed by atoms with Gasteiger partial charge in [-0.1, -0.05) is 18.6 Å². The second-order valence-corrected chi connectivity index (χ2v) is 9.21. The second-order valence-electron chi connectivity index (χ2n) is 9.21. The van der Waals surface area contributed by atoms with Crippen LogP contribution >= 0.6 is 0 Å². The molecule has 3 aliphatic heterocycles. The van der Waals surface area contributed by atoms with Crippen LogP contribution in [0.15, 0.2) is 42.5 Å². The second kappa shape index (κ2) is 9.05. The van der Waals surface area contributed by atoms with Crippen LogP contribution in [0, 0.1) is 5.92 Å². The highest BCUT2D eigenvalue weighted by Crippen LogP contribution is 2.36. The zero-order chi connectivity index (χ0) is 23.8. The minimum Gasteiger partial charge on any atom is -0.486 e. The van der Waals surface area contributed by atoms with Gasteiger partial charge in [0.2, 0.25) is 11.8 Å². The van der Waals surface area contributed by atoms with Crippen LogP contribution in [-0.4, -0.2) is 46.3 Å². The molecule has 9 heteroatoms. The Balaban J connectivity index is 1.16. The van der Waals surface area contributed by atoms with Crippen molar-refractivity contribution in [1.82, 2.24) is 14.8 Å². The molecular weight excluding hydrogens is 446 g/mol. The predicted molar refractivity (Wildman–Crippen MR) is 130 cm³/mol. The number of nitrogens with zero attached hydrogens (tertiary/aromatic N) is 4. The van der Waals surface area contributed by atoms with Crippen molar-refractivity contribution in [2.24, 2.45) is 5.92 Å². The molecule has 1 atom stereocenters. The van der Waals surface area contributed by atoms with Gasteiger partial charge in [0.05, 0.1) is 5.92 Å². The summed E-state index contributed by atoms with van der Waals surface area (Å²) < 4.78 is 13.4. The predicted octanol–water partition coefficient (Wildman–Crippen LogP) is 3.43. The summed E-state index contributed by atoms with van der Waals surface area (Å²) in [5.41, 5.74) is 2.32. The summed E-state index contributed by atoms with van der Waals surface area (Å²) in [4.78, 5) is 27.5. The molecule has 6 rings (SSSR count). The number of aromatic nitrogens is 3. The number of carbonyl (C=O) groups excluding carboxylic acids is 2. The molecule has 0 radical (unpaired) electrons. The summed E-state index contributed by atoms with van der Waals surface area (Å²) in [5, 5.41) is 11.8. The molecule has 9 nitrogen and oxygen atoms in total. The standard InChI is InChI=1S/C26H27N5O4/c32-24-14-18(16-31(24)20-8-9-21-22(15-20)35-12-11-34-21)26(33)27-19-6-4-5-17(13-19)25-29-28-23-7-2-1-3-10-30(23)25/h4-6,8-9,13,15,18H,1-3,7,10-12,14,16H2,(H,27,33). The maximum atomic E-state index is 13.1. The minimum absolute atomic E-state index is 0.0817. The van der Waals surface area contributed by atoms with E-state index < -0.39 is 5.92 Å². The molecular formula is C26H27N5O4. The highest BCUT2D eigenvalue weighted by atomic mass is 16.6. The Morgan fingerprint density at radius 2 is 1.89 bits per heavy atom. The lowest BCUT2D eigenvalue weighted by Gasteiger charge is -2.22. The highest BCUT2D eigenvalue weighted by Gasteiger charge is 2.35. The lowest BCUT2D eigenvalue weighted by Crippen LogP contribution is -2.28. The van der Waals surface area contributed by atoms with Gasteiger partial charge in [-0.3, -0.25) is 9.59 Å². The van der Waals surface area contributed by atoms with Gasteiger partial charge in [-0.2, -0.15) is 0 Å². The van der Waals surface area contributed by atoms with E-state index in [0.29, 0.717) is 42.6 Å². The molecule has 4 heterocycles. The Labute approximate surface area is 203 Å². The van der Waals surface area contributed by atoms with Crippen LogP contribution in [0.1, 0.15) is 31.5 Å². The van der Waals surface area contributed by atoms with Gasteiger partial charge in [-0.15, -0.1) is 10.2 Å². The van der Waals surface area contributed by atoms with Crippen LogP contribution in [0.25, 0.3) is 11.4 Å². The van der Waals surface area contributed by atoms with E-state index in [1.54, 1.807) is 17.0 Å². The molecule has 1 saturated heterocycles. The first kappa shape index (κ1) is 21.6. The van der Waals surface area contributed by atoms with Gasteiger partial charge in [0.25, 0.3) is 0 Å². The van der Waals surface area contributed by atoms with E-state index >= 15 is 0 Å². The van der Waals surface area contributed by atoms with E-state index in [4.69, 9.17) is 9.47 Å². The number of hydrogen-bond donors (Lipinski definition) is 1. The lowest BCUT2D eigenvalue weighted by molar-refractivity contribution is -0.122. The van der Waals surface area contributed by atoms with E-state index in [9.17, 15) is 9.59 Å². The van der Waals surface area contributed by atoms with Gasteiger partial charge in [0, 0.05) is 48.9 Å². The summed E-state index contributed by atoms with van der Waals surface area (Å²) in [6.45, 7) is 2.22. The average Bonchev–Trinajstić information content (AvgIpc) is 3.39. The fourth-order valence-electron chi connectivity index (χ4n) is 5.01. The molecule has 3 aliphatic rings. The first-order valence-corrected chi connectivity index (χ1v) is 12.2. The Hall–Kier alpha value is -3.88. The van der Waals surface area contributed by atoms with Crippen LogP contribution in [0.5, 0.6) is 11.5 Å². The van der Waals surface area contributed by atoms with Crippen molar-refractivity contribution in [2.45, 2.75) is 38.6 Å².